The fraction of sp³-hybridized carbons (Fsp3) is 1.00. The van der Waals surface area contributed by atoms with Crippen LogP contribution in [0.2, 0.25) is 0 Å². The lowest BCUT2D eigenvalue weighted by molar-refractivity contribution is 0.254. The van der Waals surface area contributed by atoms with Crippen LogP contribution in [0.1, 0.15) is 163 Å². The third-order valence-corrected chi connectivity index (χ3v) is 6.66. The molecule has 0 aliphatic heterocycles. The molecule has 0 aliphatic carbocycles. The van der Waals surface area contributed by atoms with E-state index in [1.807, 2.05) is 0 Å². The molecular formula is C29H61N. The number of hydrogen-bond donors (Lipinski definition) is 0. The Bertz CT molecular complexity index is 287. The Labute approximate surface area is 193 Å². The molecule has 0 amide bonds. The number of rotatable bonds is 25. The molecule has 30 heavy (non-hydrogen) atoms. The van der Waals surface area contributed by atoms with Gasteiger partial charge in [0, 0.05) is 0 Å². The highest BCUT2D eigenvalue weighted by Crippen LogP contribution is 2.14. The fourth-order valence-corrected chi connectivity index (χ4v) is 4.52. The van der Waals surface area contributed by atoms with Crippen molar-refractivity contribution in [2.24, 2.45) is 5.92 Å². The fourth-order valence-electron chi connectivity index (χ4n) is 4.52. The Hall–Kier alpha value is -0.0400. The van der Waals surface area contributed by atoms with E-state index >= 15 is 0 Å². The maximum absolute atomic E-state index is 2.78. The van der Waals surface area contributed by atoms with Crippen molar-refractivity contribution in [3.8, 4) is 0 Å². The van der Waals surface area contributed by atoms with E-state index in [-0.39, 0.29) is 0 Å². The van der Waals surface area contributed by atoms with E-state index in [1.54, 1.807) is 0 Å². The second-order valence-corrected chi connectivity index (χ2v) is 10.4. The van der Waals surface area contributed by atoms with Gasteiger partial charge in [-0.05, 0) is 44.8 Å². The van der Waals surface area contributed by atoms with Crippen LogP contribution in [0.3, 0.4) is 0 Å². The molecule has 0 bridgehead atoms. The summed E-state index contributed by atoms with van der Waals surface area (Å²) in [5.74, 6) is 0.893. The van der Waals surface area contributed by atoms with Crippen LogP contribution in [-0.2, 0) is 0 Å². The third kappa shape index (κ3) is 24.2. The summed E-state index contributed by atoms with van der Waals surface area (Å²) < 4.78 is 0. The van der Waals surface area contributed by atoms with Gasteiger partial charge in [0.05, 0.1) is 0 Å². The van der Waals surface area contributed by atoms with E-state index in [2.05, 4.69) is 32.6 Å². The maximum Gasteiger partial charge on any atom is -0.00187 e. The molecule has 0 saturated carbocycles. The summed E-state index contributed by atoms with van der Waals surface area (Å²) in [4.78, 5) is 2.78. The van der Waals surface area contributed by atoms with E-state index in [0.29, 0.717) is 0 Å². The first-order valence-electron chi connectivity index (χ1n) is 14.4. The Morgan fingerprint density at radius 2 is 0.700 bits per heavy atom. The van der Waals surface area contributed by atoms with Gasteiger partial charge in [0.15, 0.2) is 0 Å². The minimum absolute atomic E-state index is 0.893. The SMILES string of the molecule is CCCCCCN(CCCCCC)CCCCCCCCCCCCCCC(C)C. The van der Waals surface area contributed by atoms with Crippen LogP contribution in [0.5, 0.6) is 0 Å². The third-order valence-electron chi connectivity index (χ3n) is 6.66. The summed E-state index contributed by atoms with van der Waals surface area (Å²) in [5, 5.41) is 0. The highest BCUT2D eigenvalue weighted by molar-refractivity contribution is 4.60. The van der Waals surface area contributed by atoms with E-state index in [9.17, 15) is 0 Å². The predicted molar refractivity (Wildman–Crippen MR) is 140 cm³/mol. The van der Waals surface area contributed by atoms with E-state index in [0.717, 1.165) is 5.92 Å². The number of nitrogens with zero attached hydrogens (tertiary/aromatic N) is 1. The van der Waals surface area contributed by atoms with Crippen LogP contribution in [-0.4, -0.2) is 24.5 Å². The molecule has 0 spiro atoms. The van der Waals surface area contributed by atoms with Gasteiger partial charge in [-0.1, -0.05) is 143 Å². The highest BCUT2D eigenvalue weighted by Gasteiger charge is 2.04. The molecule has 1 nitrogen and oxygen atoms in total. The zero-order chi connectivity index (χ0) is 22.1. The van der Waals surface area contributed by atoms with Gasteiger partial charge < -0.3 is 4.90 Å². The first-order valence-corrected chi connectivity index (χ1v) is 14.4. The topological polar surface area (TPSA) is 3.24 Å². The zero-order valence-electron chi connectivity index (χ0n) is 22.0. The number of unbranched alkanes of at least 4 members (excludes halogenated alkanes) is 17. The van der Waals surface area contributed by atoms with Gasteiger partial charge in [-0.2, -0.15) is 0 Å². The van der Waals surface area contributed by atoms with E-state index in [1.165, 1.54) is 154 Å². The molecule has 0 aromatic carbocycles. The van der Waals surface area contributed by atoms with Crippen LogP contribution in [0, 0.1) is 5.92 Å². The van der Waals surface area contributed by atoms with Crippen LogP contribution in [0.15, 0.2) is 0 Å². The van der Waals surface area contributed by atoms with Crippen molar-refractivity contribution in [2.75, 3.05) is 19.6 Å². The summed E-state index contributed by atoms with van der Waals surface area (Å²) in [6.45, 7) is 13.4. The summed E-state index contributed by atoms with van der Waals surface area (Å²) >= 11 is 0. The second-order valence-electron chi connectivity index (χ2n) is 10.4. The zero-order valence-corrected chi connectivity index (χ0v) is 22.0. The van der Waals surface area contributed by atoms with Crippen molar-refractivity contribution in [1.29, 1.82) is 0 Å². The standard InChI is InChI=1S/C29H61N/c1-5-7-9-22-26-30(27-23-10-8-6-2)28-24-20-18-16-14-12-11-13-15-17-19-21-25-29(3)4/h29H,5-28H2,1-4H3. The average Bonchev–Trinajstić information content (AvgIpc) is 2.73. The van der Waals surface area contributed by atoms with Crippen molar-refractivity contribution >= 4 is 0 Å². The van der Waals surface area contributed by atoms with Crippen LogP contribution < -0.4 is 0 Å². The van der Waals surface area contributed by atoms with Gasteiger partial charge in [-0.15, -0.1) is 0 Å². The largest absolute Gasteiger partial charge is 0.303 e. The van der Waals surface area contributed by atoms with Gasteiger partial charge in [0.2, 0.25) is 0 Å². The van der Waals surface area contributed by atoms with Gasteiger partial charge in [0.25, 0.3) is 0 Å². The average molecular weight is 424 g/mol. The minimum atomic E-state index is 0.893. The molecule has 1 heteroatoms. The van der Waals surface area contributed by atoms with Gasteiger partial charge in [-0.25, -0.2) is 0 Å². The molecule has 0 atom stereocenters. The molecule has 0 saturated heterocycles. The molecule has 0 N–H and O–H groups in total. The normalized spacial score (nSPS) is 11.8. The van der Waals surface area contributed by atoms with Gasteiger partial charge >= 0.3 is 0 Å². The lowest BCUT2D eigenvalue weighted by Crippen LogP contribution is -2.27. The summed E-state index contributed by atoms with van der Waals surface area (Å²) in [7, 11) is 0. The van der Waals surface area contributed by atoms with Crippen LogP contribution in [0.4, 0.5) is 0 Å². The Balaban J connectivity index is 3.49. The summed E-state index contributed by atoms with van der Waals surface area (Å²) in [6, 6.07) is 0. The first kappa shape index (κ1) is 30.0. The molecule has 0 aliphatic rings. The maximum atomic E-state index is 2.78. The van der Waals surface area contributed by atoms with Crippen molar-refractivity contribution in [2.45, 2.75) is 163 Å². The Kier molecular flexibility index (Phi) is 25.2. The molecule has 0 fully saturated rings. The molecule has 0 radical (unpaired) electrons. The number of hydrogen-bond acceptors (Lipinski definition) is 1. The van der Waals surface area contributed by atoms with E-state index < -0.39 is 0 Å². The minimum Gasteiger partial charge on any atom is -0.303 e. The smallest absolute Gasteiger partial charge is 0.00187 e. The molecular weight excluding hydrogens is 362 g/mol. The second kappa shape index (κ2) is 25.2. The van der Waals surface area contributed by atoms with Crippen LogP contribution in [0.25, 0.3) is 0 Å². The Morgan fingerprint density at radius 3 is 1.03 bits per heavy atom. The Morgan fingerprint density at radius 1 is 0.400 bits per heavy atom. The van der Waals surface area contributed by atoms with Crippen molar-refractivity contribution in [1.82, 2.24) is 4.90 Å². The highest BCUT2D eigenvalue weighted by atomic mass is 15.1. The summed E-state index contributed by atoms with van der Waals surface area (Å²) in [6.07, 6.45) is 30.3. The van der Waals surface area contributed by atoms with Crippen molar-refractivity contribution < 1.29 is 0 Å². The summed E-state index contributed by atoms with van der Waals surface area (Å²) in [5.41, 5.74) is 0. The molecule has 182 valence electrons. The predicted octanol–water partition coefficient (Wildman–Crippen LogP) is 10.2. The molecule has 0 aromatic rings. The van der Waals surface area contributed by atoms with Crippen molar-refractivity contribution in [3.63, 3.8) is 0 Å². The molecule has 0 heterocycles. The van der Waals surface area contributed by atoms with E-state index in [4.69, 9.17) is 0 Å². The monoisotopic (exact) mass is 423 g/mol. The molecule has 0 rings (SSSR count). The molecule has 0 aromatic heterocycles. The van der Waals surface area contributed by atoms with Crippen LogP contribution >= 0.6 is 0 Å². The molecule has 0 unspecified atom stereocenters. The quantitative estimate of drug-likeness (QED) is 0.132. The lowest BCUT2D eigenvalue weighted by Gasteiger charge is -2.22. The van der Waals surface area contributed by atoms with Gasteiger partial charge in [-0.3, -0.25) is 0 Å². The first-order chi connectivity index (χ1) is 14.7. The lowest BCUT2D eigenvalue weighted by atomic mass is 10.0. The van der Waals surface area contributed by atoms with Crippen molar-refractivity contribution in [3.05, 3.63) is 0 Å². The van der Waals surface area contributed by atoms with Gasteiger partial charge in [0.1, 0.15) is 0 Å².